The molecule has 2 atom stereocenters. The second-order valence-corrected chi connectivity index (χ2v) is 9.51. The lowest BCUT2D eigenvalue weighted by atomic mass is 9.97. The van der Waals surface area contributed by atoms with Crippen LogP contribution in [-0.4, -0.2) is 42.7 Å². The maximum absolute atomic E-state index is 13.3. The van der Waals surface area contributed by atoms with Crippen molar-refractivity contribution in [2.24, 2.45) is 4.99 Å². The van der Waals surface area contributed by atoms with Crippen LogP contribution in [0.1, 0.15) is 40.3 Å². The number of rotatable bonds is 6. The van der Waals surface area contributed by atoms with E-state index in [0.717, 1.165) is 33.4 Å². The summed E-state index contributed by atoms with van der Waals surface area (Å²) in [6.07, 6.45) is -0.965. The van der Waals surface area contributed by atoms with Crippen LogP contribution in [0.25, 0.3) is 0 Å². The number of benzodiazepines with no additional fused rings is 1. The average molecular weight is 497 g/mol. The molecule has 7 nitrogen and oxygen atoms in total. The number of fused-ring (bicyclic) bond motifs is 1. The summed E-state index contributed by atoms with van der Waals surface area (Å²) in [6.45, 7) is 7.58. The zero-order valence-corrected chi connectivity index (χ0v) is 21.8. The van der Waals surface area contributed by atoms with E-state index in [1.807, 2.05) is 87.5 Å². The van der Waals surface area contributed by atoms with Crippen molar-refractivity contribution in [3.8, 4) is 0 Å². The van der Waals surface area contributed by atoms with Crippen LogP contribution >= 0.6 is 0 Å². The summed E-state index contributed by atoms with van der Waals surface area (Å²) in [6, 6.07) is 20.3. The van der Waals surface area contributed by atoms with Gasteiger partial charge >= 0.3 is 0 Å². The minimum atomic E-state index is -1.14. The number of amides is 3. The summed E-state index contributed by atoms with van der Waals surface area (Å²) in [7, 11) is 1.67. The molecule has 7 heteroatoms. The lowest BCUT2D eigenvalue weighted by Crippen LogP contribution is -2.52. The molecule has 0 aromatic heterocycles. The fourth-order valence-corrected chi connectivity index (χ4v) is 4.71. The second-order valence-electron chi connectivity index (χ2n) is 9.51. The van der Waals surface area contributed by atoms with E-state index >= 15 is 0 Å². The molecule has 4 rings (SSSR count). The Balaban J connectivity index is 1.54. The van der Waals surface area contributed by atoms with Gasteiger partial charge in [0.25, 0.3) is 5.91 Å². The van der Waals surface area contributed by atoms with E-state index in [-0.39, 0.29) is 18.2 Å². The molecule has 3 amide bonds. The zero-order chi connectivity index (χ0) is 26.7. The maximum atomic E-state index is 13.3. The number of nitrogens with one attached hydrogen (secondary N) is 2. The van der Waals surface area contributed by atoms with Crippen molar-refractivity contribution < 1.29 is 14.4 Å². The summed E-state index contributed by atoms with van der Waals surface area (Å²) < 4.78 is 0. The largest absolute Gasteiger partial charge is 0.344 e. The third-order valence-corrected chi connectivity index (χ3v) is 6.62. The number of benzene rings is 3. The predicted molar refractivity (Wildman–Crippen MR) is 146 cm³/mol. The molecule has 0 saturated carbocycles. The molecule has 2 N–H and O–H groups in total. The van der Waals surface area contributed by atoms with Gasteiger partial charge in [-0.05, 0) is 50.5 Å². The molecular formula is C30H32N4O3. The van der Waals surface area contributed by atoms with E-state index < -0.39 is 18.1 Å². The van der Waals surface area contributed by atoms with Crippen molar-refractivity contribution in [3.63, 3.8) is 0 Å². The maximum Gasteiger partial charge on any atom is 0.272 e. The predicted octanol–water partition coefficient (Wildman–Crippen LogP) is 3.62. The topological polar surface area (TPSA) is 90.9 Å². The molecule has 0 saturated heterocycles. The van der Waals surface area contributed by atoms with Crippen LogP contribution in [0.4, 0.5) is 5.69 Å². The van der Waals surface area contributed by atoms with Crippen LogP contribution in [0, 0.1) is 20.8 Å². The van der Waals surface area contributed by atoms with Gasteiger partial charge < -0.3 is 15.5 Å². The highest BCUT2D eigenvalue weighted by Crippen LogP contribution is 2.27. The van der Waals surface area contributed by atoms with E-state index in [9.17, 15) is 14.4 Å². The molecule has 0 unspecified atom stereocenters. The van der Waals surface area contributed by atoms with Gasteiger partial charge in [0, 0.05) is 18.2 Å². The minimum absolute atomic E-state index is 0.173. The Labute approximate surface area is 217 Å². The van der Waals surface area contributed by atoms with Crippen LogP contribution in [0.3, 0.4) is 0 Å². The Hall–Kier alpha value is -4.26. The first-order chi connectivity index (χ1) is 17.7. The minimum Gasteiger partial charge on any atom is -0.344 e. The molecule has 1 heterocycles. The molecule has 3 aromatic carbocycles. The number of para-hydroxylation sites is 1. The van der Waals surface area contributed by atoms with Crippen molar-refractivity contribution in [1.29, 1.82) is 0 Å². The fourth-order valence-electron chi connectivity index (χ4n) is 4.71. The molecule has 0 radical (unpaired) electrons. The molecule has 0 aliphatic carbocycles. The van der Waals surface area contributed by atoms with Gasteiger partial charge in [-0.2, -0.15) is 0 Å². The molecule has 1 aliphatic heterocycles. The number of aliphatic imine (C=N–C) groups is 1. The summed E-state index contributed by atoms with van der Waals surface area (Å²) >= 11 is 0. The molecule has 37 heavy (non-hydrogen) atoms. The Morgan fingerprint density at radius 3 is 2.27 bits per heavy atom. The third kappa shape index (κ3) is 5.61. The molecular weight excluding hydrogens is 464 g/mol. The average Bonchev–Trinajstić information content (AvgIpc) is 2.97. The van der Waals surface area contributed by atoms with Crippen molar-refractivity contribution in [3.05, 3.63) is 100 Å². The number of hydrogen-bond donors (Lipinski definition) is 2. The van der Waals surface area contributed by atoms with E-state index in [4.69, 9.17) is 4.99 Å². The van der Waals surface area contributed by atoms with E-state index in [1.165, 1.54) is 4.90 Å². The molecule has 1 aliphatic rings. The fraction of sp³-hybridized carbons (Fsp3) is 0.267. The van der Waals surface area contributed by atoms with E-state index in [1.54, 1.807) is 14.0 Å². The van der Waals surface area contributed by atoms with Gasteiger partial charge in [-0.15, -0.1) is 0 Å². The number of likely N-dealkylation sites (N-methyl/N-ethyl adjacent to an activating group) is 1. The number of carbonyl (C=O) groups excluding carboxylic acids is 3. The van der Waals surface area contributed by atoms with Crippen molar-refractivity contribution >= 4 is 29.1 Å². The first kappa shape index (κ1) is 25.8. The Kier molecular flexibility index (Phi) is 7.53. The van der Waals surface area contributed by atoms with Crippen LogP contribution in [0.15, 0.2) is 71.7 Å². The van der Waals surface area contributed by atoms with Crippen LogP contribution in [-0.2, 0) is 20.8 Å². The SMILES string of the molecule is Cc1cc(C)c(CC(=O)N[C@@H](C)C(=O)N[C@H]2N=C(c3ccccc3)c3ccccc3N(C)C2=O)c(C)c1. The van der Waals surface area contributed by atoms with Crippen molar-refractivity contribution in [2.45, 2.75) is 46.3 Å². The number of carbonyl (C=O) groups is 3. The molecule has 0 bridgehead atoms. The Bertz CT molecular complexity index is 1360. The molecule has 0 fully saturated rings. The number of anilines is 1. The van der Waals surface area contributed by atoms with Gasteiger partial charge in [0.1, 0.15) is 6.04 Å². The van der Waals surface area contributed by atoms with E-state index in [0.29, 0.717) is 11.4 Å². The lowest BCUT2D eigenvalue weighted by molar-refractivity contribution is -0.130. The van der Waals surface area contributed by atoms with Crippen LogP contribution < -0.4 is 15.5 Å². The summed E-state index contributed by atoms with van der Waals surface area (Å²) in [5, 5.41) is 5.50. The summed E-state index contributed by atoms with van der Waals surface area (Å²) in [5.74, 6) is -1.11. The standard InChI is InChI=1S/C30H32N4O3/c1-18-15-19(2)24(20(3)16-18)17-26(35)31-21(4)29(36)33-28-30(37)34(5)25-14-10-9-13-23(25)27(32-28)22-11-7-6-8-12-22/h6-16,21,28H,17H2,1-5H3,(H,31,35)(H,33,36)/t21-,28+/m0/s1. The van der Waals surface area contributed by atoms with Crippen LogP contribution in [0.2, 0.25) is 0 Å². The first-order valence-corrected chi connectivity index (χ1v) is 12.3. The number of nitrogens with zero attached hydrogens (tertiary/aromatic N) is 2. The normalized spacial score (nSPS) is 15.8. The Morgan fingerprint density at radius 1 is 0.973 bits per heavy atom. The van der Waals surface area contributed by atoms with Gasteiger partial charge in [-0.3, -0.25) is 14.4 Å². The van der Waals surface area contributed by atoms with Crippen molar-refractivity contribution in [1.82, 2.24) is 10.6 Å². The van der Waals surface area contributed by atoms with Gasteiger partial charge in [-0.1, -0.05) is 66.2 Å². The van der Waals surface area contributed by atoms with Gasteiger partial charge in [-0.25, -0.2) is 4.99 Å². The third-order valence-electron chi connectivity index (χ3n) is 6.62. The molecule has 190 valence electrons. The summed E-state index contributed by atoms with van der Waals surface area (Å²) in [4.78, 5) is 45.4. The van der Waals surface area contributed by atoms with E-state index in [2.05, 4.69) is 10.6 Å². The molecule has 3 aromatic rings. The zero-order valence-electron chi connectivity index (χ0n) is 21.8. The number of hydrogen-bond acceptors (Lipinski definition) is 4. The first-order valence-electron chi connectivity index (χ1n) is 12.3. The smallest absolute Gasteiger partial charge is 0.272 e. The highest BCUT2D eigenvalue weighted by atomic mass is 16.2. The quantitative estimate of drug-likeness (QED) is 0.546. The molecule has 0 spiro atoms. The highest BCUT2D eigenvalue weighted by molar-refractivity contribution is 6.20. The highest BCUT2D eigenvalue weighted by Gasteiger charge is 2.32. The van der Waals surface area contributed by atoms with Crippen molar-refractivity contribution in [2.75, 3.05) is 11.9 Å². The number of aryl methyl sites for hydroxylation is 3. The van der Waals surface area contributed by atoms with Crippen LogP contribution in [0.5, 0.6) is 0 Å². The lowest BCUT2D eigenvalue weighted by Gasteiger charge is -2.22. The second kappa shape index (κ2) is 10.8. The van der Waals surface area contributed by atoms with Gasteiger partial charge in [0.15, 0.2) is 0 Å². The Morgan fingerprint density at radius 2 is 1.59 bits per heavy atom. The summed E-state index contributed by atoms with van der Waals surface area (Å²) in [5.41, 5.74) is 7.12. The monoisotopic (exact) mass is 496 g/mol. The van der Waals surface area contributed by atoms with Gasteiger partial charge in [0.2, 0.25) is 18.0 Å². The van der Waals surface area contributed by atoms with Gasteiger partial charge in [0.05, 0.1) is 17.8 Å².